The lowest BCUT2D eigenvalue weighted by Crippen LogP contribution is -2.19. The van der Waals surface area contributed by atoms with Crippen LogP contribution in [-0.4, -0.2) is 11.8 Å². The molecule has 0 aliphatic heterocycles. The Kier molecular flexibility index (Phi) is 5.99. The molecular formula is C17H25NS. The monoisotopic (exact) mass is 275 g/mol. The molecule has 2 unspecified atom stereocenters. The lowest BCUT2D eigenvalue weighted by molar-refractivity contribution is 0.570. The van der Waals surface area contributed by atoms with Gasteiger partial charge in [-0.1, -0.05) is 31.2 Å². The van der Waals surface area contributed by atoms with Gasteiger partial charge in [0, 0.05) is 16.2 Å². The zero-order chi connectivity index (χ0) is 13.5. The summed E-state index contributed by atoms with van der Waals surface area (Å²) in [5.74, 6) is 0. The molecule has 2 atom stereocenters. The second-order valence-electron chi connectivity index (χ2n) is 5.26. The molecule has 0 radical (unpaired) electrons. The maximum atomic E-state index is 3.53. The van der Waals surface area contributed by atoms with Gasteiger partial charge in [-0.15, -0.1) is 11.8 Å². The van der Waals surface area contributed by atoms with Crippen molar-refractivity contribution in [2.24, 2.45) is 0 Å². The molecule has 1 aromatic carbocycles. The highest BCUT2D eigenvalue weighted by molar-refractivity contribution is 8.00. The molecule has 1 nitrogen and oxygen atoms in total. The van der Waals surface area contributed by atoms with E-state index >= 15 is 0 Å². The van der Waals surface area contributed by atoms with E-state index in [2.05, 4.69) is 55.6 Å². The number of hydrogen-bond acceptors (Lipinski definition) is 2. The van der Waals surface area contributed by atoms with Crippen LogP contribution in [0.25, 0.3) is 0 Å². The maximum Gasteiger partial charge on any atom is 0.0291 e. The predicted octanol–water partition coefficient (Wildman–Crippen LogP) is 4.95. The van der Waals surface area contributed by atoms with Gasteiger partial charge in [-0.3, -0.25) is 0 Å². The highest BCUT2D eigenvalue weighted by Crippen LogP contribution is 2.30. The van der Waals surface area contributed by atoms with E-state index in [0.29, 0.717) is 11.3 Å². The van der Waals surface area contributed by atoms with E-state index < -0.39 is 0 Å². The molecule has 0 spiro atoms. The fraction of sp³-hybridized carbons (Fsp3) is 0.529. The summed E-state index contributed by atoms with van der Waals surface area (Å²) < 4.78 is 0. The van der Waals surface area contributed by atoms with E-state index in [1.807, 2.05) is 11.8 Å². The molecule has 1 aromatic rings. The maximum absolute atomic E-state index is 3.53. The van der Waals surface area contributed by atoms with Crippen molar-refractivity contribution < 1.29 is 0 Å². The van der Waals surface area contributed by atoms with Gasteiger partial charge < -0.3 is 5.32 Å². The first kappa shape index (κ1) is 14.7. The van der Waals surface area contributed by atoms with E-state index in [1.165, 1.54) is 36.1 Å². The summed E-state index contributed by atoms with van der Waals surface area (Å²) >= 11 is 2.00. The largest absolute Gasteiger partial charge is 0.310 e. The highest BCUT2D eigenvalue weighted by Gasteiger charge is 2.10. The van der Waals surface area contributed by atoms with Crippen LogP contribution in [0.4, 0.5) is 0 Å². The van der Waals surface area contributed by atoms with Crippen molar-refractivity contribution in [3.63, 3.8) is 0 Å². The van der Waals surface area contributed by atoms with E-state index in [1.54, 1.807) is 0 Å². The van der Waals surface area contributed by atoms with Crippen molar-refractivity contribution in [1.82, 2.24) is 5.32 Å². The Hall–Kier alpha value is -0.730. The zero-order valence-electron chi connectivity index (χ0n) is 12.1. The van der Waals surface area contributed by atoms with Crippen molar-refractivity contribution in [2.45, 2.75) is 55.7 Å². The topological polar surface area (TPSA) is 12.0 Å². The summed E-state index contributed by atoms with van der Waals surface area (Å²) in [6, 6.07) is 9.53. The summed E-state index contributed by atoms with van der Waals surface area (Å²) in [5.41, 5.74) is 1.39. The second kappa shape index (κ2) is 7.76. The van der Waals surface area contributed by atoms with Crippen molar-refractivity contribution in [3.05, 3.63) is 42.0 Å². The van der Waals surface area contributed by atoms with Crippen LogP contribution in [-0.2, 0) is 0 Å². The number of nitrogens with one attached hydrogen (secondary N) is 1. The summed E-state index contributed by atoms with van der Waals surface area (Å²) in [6.45, 7) is 5.53. The van der Waals surface area contributed by atoms with Gasteiger partial charge in [0.2, 0.25) is 0 Å². The number of hydrogen-bond donors (Lipinski definition) is 1. The highest BCUT2D eigenvalue weighted by atomic mass is 32.2. The molecule has 0 saturated carbocycles. The van der Waals surface area contributed by atoms with Crippen LogP contribution < -0.4 is 5.32 Å². The van der Waals surface area contributed by atoms with Crippen molar-refractivity contribution in [3.8, 4) is 0 Å². The van der Waals surface area contributed by atoms with Crippen molar-refractivity contribution in [1.29, 1.82) is 0 Å². The Labute approximate surface area is 121 Å². The second-order valence-corrected chi connectivity index (χ2v) is 6.57. The standard InChI is InChI=1S/C17H25NS/c1-3-13-18-14(2)15-9-11-17(12-10-15)19-16-7-5-4-6-8-16/h5,7,9-12,14,16,18H,3-4,6,8,13H2,1-2H3. The smallest absolute Gasteiger partial charge is 0.0291 e. The molecule has 0 amide bonds. The Bertz CT molecular complexity index is 396. The van der Waals surface area contributed by atoms with Gasteiger partial charge in [0.25, 0.3) is 0 Å². The SMILES string of the molecule is CCCNC(C)c1ccc(SC2C=CCCC2)cc1. The first-order chi connectivity index (χ1) is 9.29. The van der Waals surface area contributed by atoms with Crippen LogP contribution in [0.1, 0.15) is 51.1 Å². The molecule has 1 N–H and O–H groups in total. The minimum Gasteiger partial charge on any atom is -0.310 e. The Morgan fingerprint density at radius 1 is 1.32 bits per heavy atom. The third-order valence-electron chi connectivity index (χ3n) is 3.58. The number of allylic oxidation sites excluding steroid dienone is 1. The van der Waals surface area contributed by atoms with Gasteiger partial charge in [0.1, 0.15) is 0 Å². The third-order valence-corrected chi connectivity index (χ3v) is 4.82. The molecule has 0 heterocycles. The minimum atomic E-state index is 0.452. The molecule has 0 fully saturated rings. The van der Waals surface area contributed by atoms with Gasteiger partial charge in [-0.2, -0.15) is 0 Å². The van der Waals surface area contributed by atoms with Crippen LogP contribution >= 0.6 is 11.8 Å². The van der Waals surface area contributed by atoms with Crippen LogP contribution in [0.2, 0.25) is 0 Å². The van der Waals surface area contributed by atoms with E-state index in [9.17, 15) is 0 Å². The fourth-order valence-electron chi connectivity index (χ4n) is 2.37. The number of benzene rings is 1. The summed E-state index contributed by atoms with van der Waals surface area (Å²) in [5, 5.41) is 4.21. The van der Waals surface area contributed by atoms with Gasteiger partial charge in [0.05, 0.1) is 0 Å². The van der Waals surface area contributed by atoms with Crippen molar-refractivity contribution >= 4 is 11.8 Å². The molecule has 1 aliphatic carbocycles. The molecule has 104 valence electrons. The van der Waals surface area contributed by atoms with E-state index in [4.69, 9.17) is 0 Å². The minimum absolute atomic E-state index is 0.452. The van der Waals surface area contributed by atoms with Crippen LogP contribution in [0.5, 0.6) is 0 Å². The zero-order valence-corrected chi connectivity index (χ0v) is 12.9. The average Bonchev–Trinajstić information content (AvgIpc) is 2.46. The summed E-state index contributed by atoms with van der Waals surface area (Å²) in [6.07, 6.45) is 9.80. The van der Waals surface area contributed by atoms with Gasteiger partial charge in [0.15, 0.2) is 0 Å². The summed E-state index contributed by atoms with van der Waals surface area (Å²) in [4.78, 5) is 1.39. The average molecular weight is 275 g/mol. The fourth-order valence-corrected chi connectivity index (χ4v) is 3.48. The summed E-state index contributed by atoms with van der Waals surface area (Å²) in [7, 11) is 0. The van der Waals surface area contributed by atoms with Crippen LogP contribution in [0.15, 0.2) is 41.3 Å². The first-order valence-corrected chi connectivity index (χ1v) is 8.34. The molecule has 0 saturated heterocycles. The lowest BCUT2D eigenvalue weighted by atomic mass is 10.1. The van der Waals surface area contributed by atoms with E-state index in [0.717, 1.165) is 6.54 Å². The molecule has 0 bridgehead atoms. The van der Waals surface area contributed by atoms with Gasteiger partial charge >= 0.3 is 0 Å². The quantitative estimate of drug-likeness (QED) is 0.737. The molecule has 2 rings (SSSR count). The molecule has 1 aliphatic rings. The molecular weight excluding hydrogens is 250 g/mol. The Balaban J connectivity index is 1.90. The lowest BCUT2D eigenvalue weighted by Gasteiger charge is -2.17. The van der Waals surface area contributed by atoms with Crippen molar-refractivity contribution in [2.75, 3.05) is 6.54 Å². The van der Waals surface area contributed by atoms with E-state index in [-0.39, 0.29) is 0 Å². The van der Waals surface area contributed by atoms with Crippen LogP contribution in [0.3, 0.4) is 0 Å². The number of thioether (sulfide) groups is 1. The Morgan fingerprint density at radius 3 is 2.74 bits per heavy atom. The molecule has 0 aromatic heterocycles. The first-order valence-electron chi connectivity index (χ1n) is 7.46. The van der Waals surface area contributed by atoms with Gasteiger partial charge in [-0.05, 0) is 56.8 Å². The molecule has 19 heavy (non-hydrogen) atoms. The Morgan fingerprint density at radius 2 is 2.11 bits per heavy atom. The van der Waals surface area contributed by atoms with Crippen LogP contribution in [0, 0.1) is 0 Å². The normalized spacial score (nSPS) is 20.4. The molecule has 2 heteroatoms. The number of rotatable bonds is 6. The van der Waals surface area contributed by atoms with Gasteiger partial charge in [-0.25, -0.2) is 0 Å². The third kappa shape index (κ3) is 4.70. The predicted molar refractivity (Wildman–Crippen MR) is 85.8 cm³/mol.